The summed E-state index contributed by atoms with van der Waals surface area (Å²) >= 11 is 1.55. The number of fused-ring (bicyclic) bond motifs is 1. The maximum absolute atomic E-state index is 11.6. The van der Waals surface area contributed by atoms with E-state index in [1.807, 2.05) is 55.6 Å². The maximum atomic E-state index is 11.6. The number of rotatable bonds is 6. The smallest absolute Gasteiger partial charge is 0.224 e. The predicted octanol–water partition coefficient (Wildman–Crippen LogP) is 4.08. The monoisotopic (exact) mass is 392 g/mol. The Kier molecular flexibility index (Phi) is 5.41. The van der Waals surface area contributed by atoms with Crippen molar-refractivity contribution in [2.75, 3.05) is 23.0 Å². The van der Waals surface area contributed by atoms with Crippen molar-refractivity contribution in [1.82, 2.24) is 14.7 Å². The van der Waals surface area contributed by atoms with Crippen molar-refractivity contribution in [3.05, 3.63) is 60.4 Å². The van der Waals surface area contributed by atoms with Gasteiger partial charge in [-0.3, -0.25) is 9.52 Å². The summed E-state index contributed by atoms with van der Waals surface area (Å²) in [5.41, 5.74) is 3.81. The summed E-state index contributed by atoms with van der Waals surface area (Å²) in [6.07, 6.45) is 2.82. The fraction of sp³-hybridized carbons (Fsp3) is 0.150. The van der Waals surface area contributed by atoms with Crippen molar-refractivity contribution in [2.45, 2.75) is 17.7 Å². The van der Waals surface area contributed by atoms with Crippen LogP contribution in [0, 0.1) is 0 Å². The molecule has 0 spiro atoms. The zero-order valence-electron chi connectivity index (χ0n) is 15.3. The zero-order chi connectivity index (χ0) is 19.3. The SMILES string of the molecule is CNSc1cccc(Nc2cc(Nc3ccc4c(c3)NC(=O)CC4)ncn2)c1. The first-order valence-electron chi connectivity index (χ1n) is 8.92. The molecular weight excluding hydrogens is 372 g/mol. The lowest BCUT2D eigenvalue weighted by molar-refractivity contribution is -0.116. The van der Waals surface area contributed by atoms with Gasteiger partial charge in [-0.15, -0.1) is 0 Å². The van der Waals surface area contributed by atoms with Crippen molar-refractivity contribution in [3.63, 3.8) is 0 Å². The summed E-state index contributed by atoms with van der Waals surface area (Å²) < 4.78 is 3.06. The highest BCUT2D eigenvalue weighted by Crippen LogP contribution is 2.28. The Morgan fingerprint density at radius 3 is 2.54 bits per heavy atom. The van der Waals surface area contributed by atoms with Gasteiger partial charge in [0.25, 0.3) is 0 Å². The van der Waals surface area contributed by atoms with Crippen LogP contribution in [0.3, 0.4) is 0 Å². The number of aromatic nitrogens is 2. The first-order valence-corrected chi connectivity index (χ1v) is 9.74. The quantitative estimate of drug-likeness (QED) is 0.470. The van der Waals surface area contributed by atoms with Gasteiger partial charge in [0.2, 0.25) is 5.91 Å². The molecule has 2 heterocycles. The number of benzene rings is 2. The standard InChI is InChI=1S/C20H20N6OS/c1-21-28-16-4-2-3-14(9-16)24-18-11-19(23-12-22-18)25-15-7-5-13-6-8-20(27)26-17(13)10-15/h2-5,7,9-12,21H,6,8H2,1H3,(H,26,27)(H2,22,23,24,25). The van der Waals surface area contributed by atoms with E-state index in [1.165, 1.54) is 6.33 Å². The molecule has 0 atom stereocenters. The molecule has 0 radical (unpaired) electrons. The van der Waals surface area contributed by atoms with Crippen LogP contribution in [0.2, 0.25) is 0 Å². The molecule has 4 N–H and O–H groups in total. The van der Waals surface area contributed by atoms with Gasteiger partial charge in [-0.1, -0.05) is 12.1 Å². The van der Waals surface area contributed by atoms with Crippen LogP contribution < -0.4 is 20.7 Å². The summed E-state index contributed by atoms with van der Waals surface area (Å²) in [5.74, 6) is 1.41. The molecule has 8 heteroatoms. The third-order valence-electron chi connectivity index (χ3n) is 4.27. The summed E-state index contributed by atoms with van der Waals surface area (Å²) in [7, 11) is 1.89. The highest BCUT2D eigenvalue weighted by atomic mass is 32.2. The fourth-order valence-corrected chi connectivity index (χ4v) is 3.56. The number of anilines is 5. The number of hydrogen-bond donors (Lipinski definition) is 4. The molecule has 3 aromatic rings. The average molecular weight is 392 g/mol. The van der Waals surface area contributed by atoms with Gasteiger partial charge in [0.05, 0.1) is 0 Å². The van der Waals surface area contributed by atoms with Crippen LogP contribution in [0.4, 0.5) is 28.7 Å². The normalized spacial score (nSPS) is 12.8. The minimum absolute atomic E-state index is 0.0526. The Balaban J connectivity index is 1.49. The average Bonchev–Trinajstić information content (AvgIpc) is 2.68. The molecule has 0 aliphatic carbocycles. The van der Waals surface area contributed by atoms with E-state index in [2.05, 4.69) is 30.6 Å². The van der Waals surface area contributed by atoms with Crippen LogP contribution in [-0.2, 0) is 11.2 Å². The van der Waals surface area contributed by atoms with E-state index < -0.39 is 0 Å². The van der Waals surface area contributed by atoms with Gasteiger partial charge in [0.1, 0.15) is 18.0 Å². The molecule has 1 aromatic heterocycles. The molecule has 28 heavy (non-hydrogen) atoms. The van der Waals surface area contributed by atoms with E-state index in [4.69, 9.17) is 0 Å². The van der Waals surface area contributed by atoms with Crippen molar-refractivity contribution in [3.8, 4) is 0 Å². The van der Waals surface area contributed by atoms with Gasteiger partial charge >= 0.3 is 0 Å². The molecule has 2 aromatic carbocycles. The minimum atomic E-state index is 0.0526. The maximum Gasteiger partial charge on any atom is 0.224 e. The number of nitrogens with zero attached hydrogens (tertiary/aromatic N) is 2. The van der Waals surface area contributed by atoms with Crippen LogP contribution >= 0.6 is 11.9 Å². The minimum Gasteiger partial charge on any atom is -0.340 e. The molecule has 0 bridgehead atoms. The van der Waals surface area contributed by atoms with Crippen LogP contribution in [0.25, 0.3) is 0 Å². The molecule has 0 saturated heterocycles. The molecule has 0 fully saturated rings. The van der Waals surface area contributed by atoms with E-state index >= 15 is 0 Å². The third kappa shape index (κ3) is 4.41. The van der Waals surface area contributed by atoms with Crippen LogP contribution in [-0.4, -0.2) is 22.9 Å². The van der Waals surface area contributed by atoms with Gasteiger partial charge in [-0.2, -0.15) is 0 Å². The first kappa shape index (κ1) is 18.3. The summed E-state index contributed by atoms with van der Waals surface area (Å²) in [5, 5.41) is 9.48. The number of nitrogens with one attached hydrogen (secondary N) is 4. The van der Waals surface area contributed by atoms with Crippen molar-refractivity contribution >= 4 is 46.6 Å². The third-order valence-corrected chi connectivity index (χ3v) is 4.96. The molecule has 1 amide bonds. The van der Waals surface area contributed by atoms with Crippen LogP contribution in [0.15, 0.2) is 59.8 Å². The van der Waals surface area contributed by atoms with Crippen molar-refractivity contribution in [1.29, 1.82) is 0 Å². The van der Waals surface area contributed by atoms with Gasteiger partial charge < -0.3 is 16.0 Å². The van der Waals surface area contributed by atoms with Crippen molar-refractivity contribution in [2.24, 2.45) is 0 Å². The Morgan fingerprint density at radius 1 is 0.964 bits per heavy atom. The summed E-state index contributed by atoms with van der Waals surface area (Å²) in [4.78, 5) is 21.3. The Bertz CT molecular complexity index is 1010. The Morgan fingerprint density at radius 2 is 1.75 bits per heavy atom. The molecule has 4 rings (SSSR count). The van der Waals surface area contributed by atoms with E-state index in [0.29, 0.717) is 18.1 Å². The zero-order valence-corrected chi connectivity index (χ0v) is 16.1. The molecular formula is C20H20N6OS. The fourth-order valence-electron chi connectivity index (χ4n) is 2.99. The van der Waals surface area contributed by atoms with Gasteiger partial charge in [-0.25, -0.2) is 9.97 Å². The number of carbonyl (C=O) groups is 1. The molecule has 142 valence electrons. The van der Waals surface area contributed by atoms with Crippen LogP contribution in [0.5, 0.6) is 0 Å². The topological polar surface area (TPSA) is 91.0 Å². The van der Waals surface area contributed by atoms with Crippen molar-refractivity contribution < 1.29 is 4.79 Å². The lowest BCUT2D eigenvalue weighted by atomic mass is 10.0. The van der Waals surface area contributed by atoms with Crippen LogP contribution in [0.1, 0.15) is 12.0 Å². The number of carbonyl (C=O) groups excluding carboxylic acids is 1. The molecule has 1 aliphatic rings. The van der Waals surface area contributed by atoms with Gasteiger partial charge in [0, 0.05) is 34.4 Å². The highest BCUT2D eigenvalue weighted by molar-refractivity contribution is 7.97. The molecule has 0 saturated carbocycles. The van der Waals surface area contributed by atoms with E-state index in [0.717, 1.165) is 33.9 Å². The highest BCUT2D eigenvalue weighted by Gasteiger charge is 2.14. The molecule has 0 unspecified atom stereocenters. The van der Waals surface area contributed by atoms with E-state index in [-0.39, 0.29) is 5.91 Å². The second-order valence-corrected chi connectivity index (χ2v) is 7.38. The van der Waals surface area contributed by atoms with Gasteiger partial charge in [0.15, 0.2) is 0 Å². The van der Waals surface area contributed by atoms with E-state index in [9.17, 15) is 4.79 Å². The largest absolute Gasteiger partial charge is 0.340 e. The first-order chi connectivity index (χ1) is 13.7. The summed E-state index contributed by atoms with van der Waals surface area (Å²) in [6, 6.07) is 15.9. The number of aryl methyl sites for hydroxylation is 1. The predicted molar refractivity (Wildman–Crippen MR) is 113 cm³/mol. The second kappa shape index (κ2) is 8.28. The lowest BCUT2D eigenvalue weighted by Crippen LogP contribution is -2.18. The van der Waals surface area contributed by atoms with Gasteiger partial charge in [-0.05, 0) is 61.3 Å². The lowest BCUT2D eigenvalue weighted by Gasteiger charge is -2.18. The van der Waals surface area contributed by atoms with E-state index in [1.54, 1.807) is 11.9 Å². The number of hydrogen-bond acceptors (Lipinski definition) is 7. The Hall–Kier alpha value is -3.10. The second-order valence-electron chi connectivity index (χ2n) is 6.29. The number of amides is 1. The molecule has 7 nitrogen and oxygen atoms in total. The summed E-state index contributed by atoms with van der Waals surface area (Å²) in [6.45, 7) is 0. The Labute approximate surface area is 167 Å². The molecule has 1 aliphatic heterocycles.